The fourth-order valence-electron chi connectivity index (χ4n) is 3.78. The van der Waals surface area contributed by atoms with Crippen LogP contribution in [0.5, 0.6) is 0 Å². The Kier molecular flexibility index (Phi) is 4.20. The number of carbonyl (C=O) groups is 1. The number of fused-ring (bicyclic) bond motifs is 1. The highest BCUT2D eigenvalue weighted by molar-refractivity contribution is 7.91. The van der Waals surface area contributed by atoms with E-state index in [-0.39, 0.29) is 29.6 Å². The molecular formula is C19H19ClN2O3S. The molecule has 2 saturated heterocycles. The van der Waals surface area contributed by atoms with Gasteiger partial charge in [0.25, 0.3) is 0 Å². The molecule has 0 aromatic heterocycles. The number of aryl methyl sites for hydroxylation is 1. The van der Waals surface area contributed by atoms with Crippen LogP contribution in [0.2, 0.25) is 5.02 Å². The molecule has 5 nitrogen and oxygen atoms in total. The Morgan fingerprint density at radius 1 is 1.08 bits per heavy atom. The van der Waals surface area contributed by atoms with Gasteiger partial charge < -0.3 is 4.90 Å². The lowest BCUT2D eigenvalue weighted by atomic mass is 10.1. The summed E-state index contributed by atoms with van der Waals surface area (Å²) >= 11 is 6.24. The first kappa shape index (κ1) is 17.4. The van der Waals surface area contributed by atoms with E-state index in [1.165, 1.54) is 0 Å². The first-order valence-electron chi connectivity index (χ1n) is 8.46. The van der Waals surface area contributed by atoms with Crippen molar-refractivity contribution in [3.63, 3.8) is 0 Å². The van der Waals surface area contributed by atoms with Crippen molar-refractivity contribution in [2.24, 2.45) is 0 Å². The minimum Gasteiger partial charge on any atom is -0.314 e. The molecule has 2 aromatic rings. The Balaban J connectivity index is 1.72. The minimum atomic E-state index is -3.18. The topological polar surface area (TPSA) is 57.7 Å². The van der Waals surface area contributed by atoms with E-state index < -0.39 is 9.84 Å². The normalized spacial score (nSPS) is 24.2. The van der Waals surface area contributed by atoms with Gasteiger partial charge in [0.2, 0.25) is 0 Å². The van der Waals surface area contributed by atoms with Gasteiger partial charge in [0.1, 0.15) is 0 Å². The highest BCUT2D eigenvalue weighted by Gasteiger charge is 2.53. The van der Waals surface area contributed by atoms with Crippen molar-refractivity contribution < 1.29 is 13.2 Å². The molecule has 2 fully saturated rings. The predicted molar refractivity (Wildman–Crippen MR) is 102 cm³/mol. The smallest absolute Gasteiger partial charge is 0.314 e. The number of hydrogen-bond acceptors (Lipinski definition) is 3. The molecule has 0 N–H and O–H groups in total. The Labute approximate surface area is 158 Å². The summed E-state index contributed by atoms with van der Waals surface area (Å²) in [6.07, 6.45) is 0. The zero-order valence-corrected chi connectivity index (χ0v) is 15.9. The summed E-state index contributed by atoms with van der Waals surface area (Å²) in [6.45, 7) is 2.29. The maximum absolute atomic E-state index is 13.1. The van der Waals surface area contributed by atoms with Crippen molar-refractivity contribution in [1.82, 2.24) is 4.90 Å². The van der Waals surface area contributed by atoms with Crippen LogP contribution in [0.15, 0.2) is 48.5 Å². The molecule has 2 heterocycles. The van der Waals surface area contributed by atoms with Gasteiger partial charge in [-0.1, -0.05) is 48.0 Å². The maximum Gasteiger partial charge on any atom is 0.325 e. The Hall–Kier alpha value is -2.05. The number of anilines is 1. The van der Waals surface area contributed by atoms with Crippen LogP contribution in [0.3, 0.4) is 0 Å². The van der Waals surface area contributed by atoms with Gasteiger partial charge in [-0.25, -0.2) is 13.2 Å². The summed E-state index contributed by atoms with van der Waals surface area (Å²) in [5.41, 5.74) is 2.54. The quantitative estimate of drug-likeness (QED) is 0.756. The largest absolute Gasteiger partial charge is 0.325 e. The summed E-state index contributed by atoms with van der Waals surface area (Å²) in [5, 5.41) is 0.564. The summed E-state index contributed by atoms with van der Waals surface area (Å²) in [4.78, 5) is 16.4. The first-order chi connectivity index (χ1) is 12.4. The summed E-state index contributed by atoms with van der Waals surface area (Å²) in [7, 11) is -3.18. The zero-order valence-electron chi connectivity index (χ0n) is 14.3. The second-order valence-electron chi connectivity index (χ2n) is 6.91. The van der Waals surface area contributed by atoms with E-state index in [9.17, 15) is 13.2 Å². The van der Waals surface area contributed by atoms with Crippen LogP contribution in [-0.4, -0.2) is 42.9 Å². The van der Waals surface area contributed by atoms with Gasteiger partial charge in [-0.15, -0.1) is 0 Å². The highest BCUT2D eigenvalue weighted by atomic mass is 35.5. The summed E-state index contributed by atoms with van der Waals surface area (Å²) in [5.74, 6) is -0.00742. The lowest BCUT2D eigenvalue weighted by Gasteiger charge is -2.23. The third-order valence-corrected chi connectivity index (χ3v) is 7.21. The second kappa shape index (κ2) is 6.28. The third-order valence-electron chi connectivity index (χ3n) is 5.11. The minimum absolute atomic E-state index is 0.00628. The van der Waals surface area contributed by atoms with E-state index in [1.807, 2.05) is 49.4 Å². The predicted octanol–water partition coefficient (Wildman–Crippen LogP) is 3.26. The molecule has 0 unspecified atom stereocenters. The molecule has 0 spiro atoms. The molecule has 0 aliphatic carbocycles. The number of rotatable bonds is 3. The van der Waals surface area contributed by atoms with Crippen LogP contribution in [0.4, 0.5) is 10.5 Å². The zero-order chi connectivity index (χ0) is 18.5. The number of amides is 2. The van der Waals surface area contributed by atoms with Crippen molar-refractivity contribution in [2.45, 2.75) is 25.6 Å². The van der Waals surface area contributed by atoms with E-state index in [0.717, 1.165) is 11.1 Å². The van der Waals surface area contributed by atoms with Gasteiger partial charge in [0, 0.05) is 17.3 Å². The van der Waals surface area contributed by atoms with Crippen LogP contribution < -0.4 is 4.90 Å². The van der Waals surface area contributed by atoms with Crippen molar-refractivity contribution in [3.05, 3.63) is 64.7 Å². The van der Waals surface area contributed by atoms with E-state index in [4.69, 9.17) is 11.6 Å². The number of urea groups is 1. The maximum atomic E-state index is 13.1. The highest BCUT2D eigenvalue weighted by Crippen LogP contribution is 2.37. The molecular weight excluding hydrogens is 372 g/mol. The molecule has 2 atom stereocenters. The molecule has 26 heavy (non-hydrogen) atoms. The van der Waals surface area contributed by atoms with Crippen molar-refractivity contribution in [3.8, 4) is 0 Å². The molecule has 7 heteroatoms. The monoisotopic (exact) mass is 390 g/mol. The lowest BCUT2D eigenvalue weighted by Crippen LogP contribution is -2.37. The molecule has 2 aliphatic heterocycles. The Bertz CT molecular complexity index is 962. The molecule has 2 aromatic carbocycles. The lowest BCUT2D eigenvalue weighted by molar-refractivity contribution is 0.206. The van der Waals surface area contributed by atoms with Gasteiger partial charge >= 0.3 is 6.03 Å². The van der Waals surface area contributed by atoms with Crippen molar-refractivity contribution in [2.75, 3.05) is 16.4 Å². The average Bonchev–Trinajstić information content (AvgIpc) is 3.02. The fraction of sp³-hybridized carbons (Fsp3) is 0.316. The molecule has 0 radical (unpaired) electrons. The van der Waals surface area contributed by atoms with Gasteiger partial charge in [-0.2, -0.15) is 0 Å². The van der Waals surface area contributed by atoms with Crippen molar-refractivity contribution in [1.29, 1.82) is 0 Å². The second-order valence-corrected chi connectivity index (χ2v) is 9.47. The van der Waals surface area contributed by atoms with Crippen LogP contribution in [0.25, 0.3) is 0 Å². The van der Waals surface area contributed by atoms with E-state index >= 15 is 0 Å². The molecule has 2 aliphatic rings. The molecule has 136 valence electrons. The standard InChI is InChI=1S/C19H19ClN2O3S/c1-13-7-8-15(9-16(13)20)22-18-12-26(24,25)11-17(18)21(19(22)23)10-14-5-3-2-4-6-14/h2-9,17-18H,10-12H2,1H3/t17-,18-/m1/s1. The number of sulfone groups is 1. The van der Waals surface area contributed by atoms with Gasteiger partial charge in [0.05, 0.1) is 23.6 Å². The number of carbonyl (C=O) groups excluding carboxylic acids is 1. The fourth-order valence-corrected chi connectivity index (χ4v) is 5.90. The number of benzene rings is 2. The SMILES string of the molecule is Cc1ccc(N2C(=O)N(Cc3ccccc3)[C@@H]3CS(=O)(=O)C[C@H]32)cc1Cl. The average molecular weight is 391 g/mol. The number of nitrogens with zero attached hydrogens (tertiary/aromatic N) is 2. The first-order valence-corrected chi connectivity index (χ1v) is 10.7. The van der Waals surface area contributed by atoms with Crippen LogP contribution in [-0.2, 0) is 16.4 Å². The third kappa shape index (κ3) is 2.97. The van der Waals surface area contributed by atoms with Gasteiger partial charge in [0.15, 0.2) is 9.84 Å². The Morgan fingerprint density at radius 2 is 1.77 bits per heavy atom. The number of hydrogen-bond donors (Lipinski definition) is 0. The van der Waals surface area contributed by atoms with Crippen LogP contribution >= 0.6 is 11.6 Å². The summed E-state index contributed by atoms with van der Waals surface area (Å²) < 4.78 is 24.5. The molecule has 0 saturated carbocycles. The Morgan fingerprint density at radius 3 is 2.46 bits per heavy atom. The van der Waals surface area contributed by atoms with E-state index in [1.54, 1.807) is 15.9 Å². The summed E-state index contributed by atoms with van der Waals surface area (Å²) in [6, 6.07) is 14.2. The van der Waals surface area contributed by atoms with E-state index in [2.05, 4.69) is 0 Å². The molecule has 2 amide bonds. The van der Waals surface area contributed by atoms with E-state index in [0.29, 0.717) is 17.3 Å². The number of halogens is 1. The van der Waals surface area contributed by atoms with Gasteiger partial charge in [-0.05, 0) is 30.2 Å². The molecule has 0 bridgehead atoms. The van der Waals surface area contributed by atoms with Crippen molar-refractivity contribution >= 4 is 33.2 Å². The van der Waals surface area contributed by atoms with Crippen LogP contribution in [0.1, 0.15) is 11.1 Å². The molecule has 4 rings (SSSR count). The van der Waals surface area contributed by atoms with Gasteiger partial charge in [-0.3, -0.25) is 4.90 Å². The van der Waals surface area contributed by atoms with Crippen LogP contribution in [0, 0.1) is 6.92 Å².